The van der Waals surface area contributed by atoms with Gasteiger partial charge in [0.25, 0.3) is 0 Å². The Balaban J connectivity index is 2.22. The molecule has 0 fully saturated rings. The second-order valence-corrected chi connectivity index (χ2v) is 4.67. The molecule has 2 nitrogen and oxygen atoms in total. The number of alkyl halides is 3. The van der Waals surface area contributed by atoms with Crippen LogP contribution in [-0.2, 0) is 0 Å². The first-order valence-corrected chi connectivity index (χ1v) is 6.20. The molecule has 0 aliphatic rings. The van der Waals surface area contributed by atoms with Crippen LogP contribution in [0.25, 0.3) is 0 Å². The van der Waals surface area contributed by atoms with E-state index in [1.807, 2.05) is 0 Å². The summed E-state index contributed by atoms with van der Waals surface area (Å²) in [6.45, 7) is 0. The fourth-order valence-electron chi connectivity index (χ4n) is 1.81. The minimum atomic E-state index is -4.75. The first-order chi connectivity index (χ1) is 9.76. The Kier molecular flexibility index (Phi) is 4.39. The highest BCUT2D eigenvalue weighted by molar-refractivity contribution is 6.31. The zero-order valence-electron chi connectivity index (χ0n) is 10.5. The smallest absolute Gasteiger partial charge is 0.406 e. The van der Waals surface area contributed by atoms with Crippen LogP contribution in [0.3, 0.4) is 0 Å². The summed E-state index contributed by atoms with van der Waals surface area (Å²) < 4.78 is 52.9. The standard InChI is InChI=1S/C14H10ClF4NO/c15-12-7-9(16)3-6-11(12)13(20)8-1-4-10(5-2-8)21-14(17,18)19/h1-7,13H,20H2/t13-/m0/s1. The van der Waals surface area contributed by atoms with Crippen LogP contribution in [0.4, 0.5) is 17.6 Å². The third-order valence-corrected chi connectivity index (χ3v) is 3.10. The Labute approximate surface area is 123 Å². The van der Waals surface area contributed by atoms with Crippen molar-refractivity contribution >= 4 is 11.6 Å². The first-order valence-electron chi connectivity index (χ1n) is 5.82. The Morgan fingerprint density at radius 3 is 2.19 bits per heavy atom. The number of nitrogens with two attached hydrogens (primary N) is 1. The molecular weight excluding hydrogens is 310 g/mol. The highest BCUT2D eigenvalue weighted by Crippen LogP contribution is 2.29. The number of ether oxygens (including phenoxy) is 1. The largest absolute Gasteiger partial charge is 0.573 e. The molecule has 2 aromatic rings. The summed E-state index contributed by atoms with van der Waals surface area (Å²) in [5, 5.41) is 0.151. The maximum absolute atomic E-state index is 13.0. The van der Waals surface area contributed by atoms with Crippen molar-refractivity contribution in [2.75, 3.05) is 0 Å². The first kappa shape index (κ1) is 15.6. The Morgan fingerprint density at radius 2 is 1.67 bits per heavy atom. The van der Waals surface area contributed by atoms with Gasteiger partial charge in [0.15, 0.2) is 0 Å². The zero-order valence-corrected chi connectivity index (χ0v) is 11.3. The third-order valence-electron chi connectivity index (χ3n) is 2.77. The SMILES string of the molecule is N[C@@H](c1ccc(OC(F)(F)F)cc1)c1ccc(F)cc1Cl. The van der Waals surface area contributed by atoms with Gasteiger partial charge in [-0.1, -0.05) is 29.8 Å². The van der Waals surface area contributed by atoms with Gasteiger partial charge in [-0.3, -0.25) is 0 Å². The van der Waals surface area contributed by atoms with Gasteiger partial charge in [0.2, 0.25) is 0 Å². The van der Waals surface area contributed by atoms with Crippen molar-refractivity contribution in [2.24, 2.45) is 5.73 Å². The predicted molar refractivity (Wildman–Crippen MR) is 70.6 cm³/mol. The van der Waals surface area contributed by atoms with Gasteiger partial charge in [-0.15, -0.1) is 13.2 Å². The van der Waals surface area contributed by atoms with E-state index in [1.54, 1.807) is 0 Å². The van der Waals surface area contributed by atoms with Crippen molar-refractivity contribution in [2.45, 2.75) is 12.4 Å². The van der Waals surface area contributed by atoms with Crippen LogP contribution in [0.1, 0.15) is 17.2 Å². The molecule has 2 N–H and O–H groups in total. The van der Waals surface area contributed by atoms with E-state index in [0.717, 1.165) is 18.2 Å². The van der Waals surface area contributed by atoms with E-state index >= 15 is 0 Å². The van der Waals surface area contributed by atoms with Crippen molar-refractivity contribution in [3.05, 3.63) is 64.4 Å². The van der Waals surface area contributed by atoms with E-state index in [0.29, 0.717) is 11.1 Å². The maximum atomic E-state index is 13.0. The monoisotopic (exact) mass is 319 g/mol. The summed E-state index contributed by atoms with van der Waals surface area (Å²) in [5.41, 5.74) is 6.98. The summed E-state index contributed by atoms with van der Waals surface area (Å²) in [6.07, 6.45) is -4.75. The molecule has 0 heterocycles. The minimum Gasteiger partial charge on any atom is -0.406 e. The lowest BCUT2D eigenvalue weighted by Gasteiger charge is -2.15. The molecule has 0 radical (unpaired) electrons. The van der Waals surface area contributed by atoms with Crippen LogP contribution in [0, 0.1) is 5.82 Å². The van der Waals surface area contributed by atoms with Gasteiger partial charge in [0.1, 0.15) is 11.6 Å². The fourth-order valence-corrected chi connectivity index (χ4v) is 2.09. The van der Waals surface area contributed by atoms with Gasteiger partial charge in [-0.05, 0) is 35.4 Å². The van der Waals surface area contributed by atoms with Gasteiger partial charge in [0.05, 0.1) is 6.04 Å². The van der Waals surface area contributed by atoms with Crippen LogP contribution in [0.15, 0.2) is 42.5 Å². The molecule has 0 spiro atoms. The summed E-state index contributed by atoms with van der Waals surface area (Å²) in [6, 6.07) is 8.18. The topological polar surface area (TPSA) is 35.2 Å². The molecule has 112 valence electrons. The van der Waals surface area contributed by atoms with Crippen LogP contribution in [-0.4, -0.2) is 6.36 Å². The van der Waals surface area contributed by atoms with Crippen LogP contribution < -0.4 is 10.5 Å². The molecule has 21 heavy (non-hydrogen) atoms. The van der Waals surface area contributed by atoms with Crippen molar-refractivity contribution in [3.8, 4) is 5.75 Å². The number of rotatable bonds is 3. The minimum absolute atomic E-state index is 0.151. The van der Waals surface area contributed by atoms with E-state index in [1.165, 1.54) is 24.3 Å². The molecule has 1 atom stereocenters. The van der Waals surface area contributed by atoms with Crippen LogP contribution >= 0.6 is 11.6 Å². The van der Waals surface area contributed by atoms with Crippen molar-refractivity contribution in [1.29, 1.82) is 0 Å². The molecule has 7 heteroatoms. The lowest BCUT2D eigenvalue weighted by molar-refractivity contribution is -0.274. The van der Waals surface area contributed by atoms with Crippen molar-refractivity contribution in [3.63, 3.8) is 0 Å². The zero-order chi connectivity index (χ0) is 15.6. The highest BCUT2D eigenvalue weighted by atomic mass is 35.5. The number of hydrogen-bond acceptors (Lipinski definition) is 2. The van der Waals surface area contributed by atoms with Gasteiger partial charge in [-0.25, -0.2) is 4.39 Å². The Hall–Kier alpha value is -1.79. The third kappa shape index (κ3) is 4.09. The van der Waals surface area contributed by atoms with Gasteiger partial charge >= 0.3 is 6.36 Å². The van der Waals surface area contributed by atoms with E-state index < -0.39 is 18.2 Å². The summed E-state index contributed by atoms with van der Waals surface area (Å²) in [4.78, 5) is 0. The quantitative estimate of drug-likeness (QED) is 0.850. The van der Waals surface area contributed by atoms with Gasteiger partial charge < -0.3 is 10.5 Å². The fraction of sp³-hybridized carbons (Fsp3) is 0.143. The molecule has 0 bridgehead atoms. The van der Waals surface area contributed by atoms with Crippen molar-refractivity contribution < 1.29 is 22.3 Å². The molecule has 0 amide bonds. The summed E-state index contributed by atoms with van der Waals surface area (Å²) >= 11 is 5.90. The van der Waals surface area contributed by atoms with E-state index in [4.69, 9.17) is 17.3 Å². The average Bonchev–Trinajstić information content (AvgIpc) is 2.37. The summed E-state index contributed by atoms with van der Waals surface area (Å²) in [5.74, 6) is -0.839. The lowest BCUT2D eigenvalue weighted by Crippen LogP contribution is -2.17. The molecule has 0 saturated heterocycles. The number of halogens is 5. The van der Waals surface area contributed by atoms with Gasteiger partial charge in [-0.2, -0.15) is 0 Å². The van der Waals surface area contributed by atoms with Crippen LogP contribution in [0.2, 0.25) is 5.02 Å². The maximum Gasteiger partial charge on any atom is 0.573 e. The molecule has 0 aliphatic carbocycles. The Morgan fingerprint density at radius 1 is 1.05 bits per heavy atom. The molecule has 0 unspecified atom stereocenters. The molecule has 2 aromatic carbocycles. The normalized spacial score (nSPS) is 13.0. The predicted octanol–water partition coefficient (Wildman–Crippen LogP) is 4.43. The molecule has 0 saturated carbocycles. The van der Waals surface area contributed by atoms with Crippen LogP contribution in [0.5, 0.6) is 5.75 Å². The second kappa shape index (κ2) is 5.91. The highest BCUT2D eigenvalue weighted by Gasteiger charge is 2.31. The van der Waals surface area contributed by atoms with Gasteiger partial charge in [0, 0.05) is 5.02 Å². The van der Waals surface area contributed by atoms with Crippen molar-refractivity contribution in [1.82, 2.24) is 0 Å². The number of benzene rings is 2. The average molecular weight is 320 g/mol. The van der Waals surface area contributed by atoms with E-state index in [-0.39, 0.29) is 10.8 Å². The Bertz CT molecular complexity index is 628. The molecule has 2 rings (SSSR count). The van der Waals surface area contributed by atoms with E-state index in [9.17, 15) is 17.6 Å². The lowest BCUT2D eigenvalue weighted by atomic mass is 9.99. The number of hydrogen-bond donors (Lipinski definition) is 1. The molecule has 0 aromatic heterocycles. The second-order valence-electron chi connectivity index (χ2n) is 4.26. The molecule has 0 aliphatic heterocycles. The summed E-state index contributed by atoms with van der Waals surface area (Å²) in [7, 11) is 0. The van der Waals surface area contributed by atoms with E-state index in [2.05, 4.69) is 4.74 Å². The molecular formula is C14H10ClF4NO.